The van der Waals surface area contributed by atoms with Crippen molar-refractivity contribution >= 4 is 46.9 Å². The first-order valence-electron chi connectivity index (χ1n) is 13.4. The van der Waals surface area contributed by atoms with Crippen LogP contribution in [0.25, 0.3) is 5.52 Å². The number of carboxylic acid groups (broad SMARTS) is 1. The summed E-state index contributed by atoms with van der Waals surface area (Å²) in [5.74, 6) is -2.45. The number of nitrogens with one attached hydrogen (secondary N) is 2. The molecule has 0 unspecified atom stereocenters. The summed E-state index contributed by atoms with van der Waals surface area (Å²) in [5, 5.41) is 18.9. The fraction of sp³-hybridized carbons (Fsp3) is 0.393. The molecule has 3 aromatic rings. The first kappa shape index (κ1) is 31.5. The minimum atomic E-state index is -1.16. The van der Waals surface area contributed by atoms with E-state index in [9.17, 15) is 24.0 Å². The molecular weight excluding hydrogens is 548 g/mol. The van der Waals surface area contributed by atoms with Gasteiger partial charge in [-0.2, -0.15) is 5.10 Å². The fourth-order valence-corrected chi connectivity index (χ4v) is 3.99. The summed E-state index contributed by atoms with van der Waals surface area (Å²) in [6.45, 7) is 7.20. The van der Waals surface area contributed by atoms with E-state index in [1.165, 1.54) is 6.33 Å². The molecule has 0 atom stereocenters. The molecule has 3 N–H and O–H groups in total. The van der Waals surface area contributed by atoms with Gasteiger partial charge in [0.25, 0.3) is 11.8 Å². The van der Waals surface area contributed by atoms with Crippen LogP contribution in [0.5, 0.6) is 0 Å². The second kappa shape index (κ2) is 14.6. The maximum atomic E-state index is 13.3. The van der Waals surface area contributed by atoms with Gasteiger partial charge >= 0.3 is 18.0 Å². The molecule has 1 aromatic carbocycles. The third-order valence-electron chi connectivity index (χ3n) is 6.20. The molecule has 0 spiro atoms. The molecule has 2 heterocycles. The van der Waals surface area contributed by atoms with Gasteiger partial charge in [0.05, 0.1) is 18.4 Å². The maximum absolute atomic E-state index is 13.3. The number of rotatable bonds is 13. The minimum absolute atomic E-state index is 0.0417. The summed E-state index contributed by atoms with van der Waals surface area (Å²) in [4.78, 5) is 66.1. The van der Waals surface area contributed by atoms with Gasteiger partial charge < -0.3 is 25.2 Å². The van der Waals surface area contributed by atoms with E-state index in [1.54, 1.807) is 42.8 Å². The lowest BCUT2D eigenvalue weighted by atomic mass is 10.1. The van der Waals surface area contributed by atoms with Gasteiger partial charge in [0.2, 0.25) is 6.79 Å². The topological polar surface area (TPSA) is 182 Å². The summed E-state index contributed by atoms with van der Waals surface area (Å²) >= 11 is 0. The average molecular weight is 583 g/mol. The van der Waals surface area contributed by atoms with Crippen LogP contribution in [0.4, 0.5) is 16.3 Å². The number of fused-ring (bicyclic) bond motifs is 1. The Morgan fingerprint density at radius 1 is 1.05 bits per heavy atom. The second-order valence-electron chi connectivity index (χ2n) is 9.38. The van der Waals surface area contributed by atoms with Crippen molar-refractivity contribution in [2.24, 2.45) is 0 Å². The van der Waals surface area contributed by atoms with E-state index in [2.05, 4.69) is 20.7 Å². The smallest absolute Gasteiger partial charge is 0.419 e. The monoisotopic (exact) mass is 582 g/mol. The number of hydrogen-bond acceptors (Lipinski definition) is 10. The lowest BCUT2D eigenvalue weighted by molar-refractivity contribution is -0.154. The third-order valence-corrected chi connectivity index (χ3v) is 6.20. The van der Waals surface area contributed by atoms with Crippen LogP contribution in [0.15, 0.2) is 30.7 Å². The molecule has 42 heavy (non-hydrogen) atoms. The molecule has 0 fully saturated rings. The predicted octanol–water partition coefficient (Wildman–Crippen LogP) is 3.58. The van der Waals surface area contributed by atoms with E-state index in [0.29, 0.717) is 41.1 Å². The number of aromatic nitrogens is 3. The molecular formula is C28H34N6O8. The Morgan fingerprint density at radius 3 is 2.50 bits per heavy atom. The molecule has 0 aliphatic rings. The third kappa shape index (κ3) is 7.80. The molecule has 0 saturated heterocycles. The number of nitrogens with zero attached hydrogens (tertiary/aromatic N) is 4. The van der Waals surface area contributed by atoms with Gasteiger partial charge in [-0.1, -0.05) is 19.9 Å². The Labute approximate surface area is 242 Å². The first-order chi connectivity index (χ1) is 20.1. The highest BCUT2D eigenvalue weighted by molar-refractivity contribution is 6.04. The number of anilines is 2. The molecule has 3 amide bonds. The SMILES string of the molecule is CCCNC(=O)c1cn2ncnc(Nc3cc(C(=O)N(CCC)C(=O)OCOC(=O)CCC(=O)O)ccc3C)c2c1C. The zero-order valence-corrected chi connectivity index (χ0v) is 23.9. The van der Waals surface area contributed by atoms with E-state index in [0.717, 1.165) is 16.9 Å². The summed E-state index contributed by atoms with van der Waals surface area (Å²) in [7, 11) is 0. The number of esters is 1. The lowest BCUT2D eigenvalue weighted by Crippen LogP contribution is -2.38. The van der Waals surface area contributed by atoms with Crippen LogP contribution >= 0.6 is 0 Å². The maximum Gasteiger partial charge on any atom is 0.419 e. The van der Waals surface area contributed by atoms with Crippen molar-refractivity contribution in [3.8, 4) is 0 Å². The van der Waals surface area contributed by atoms with E-state index in [-0.39, 0.29) is 24.4 Å². The number of benzene rings is 1. The highest BCUT2D eigenvalue weighted by Crippen LogP contribution is 2.28. The van der Waals surface area contributed by atoms with Crippen molar-refractivity contribution in [2.75, 3.05) is 25.2 Å². The molecule has 0 bridgehead atoms. The van der Waals surface area contributed by atoms with Crippen LogP contribution in [0.3, 0.4) is 0 Å². The molecule has 0 radical (unpaired) electrons. The molecule has 0 saturated carbocycles. The first-order valence-corrected chi connectivity index (χ1v) is 13.4. The van der Waals surface area contributed by atoms with Crippen molar-refractivity contribution < 1.29 is 38.6 Å². The molecule has 224 valence electrons. The van der Waals surface area contributed by atoms with Crippen molar-refractivity contribution in [1.29, 1.82) is 0 Å². The van der Waals surface area contributed by atoms with Crippen LogP contribution in [0.2, 0.25) is 0 Å². The number of hydrogen-bond donors (Lipinski definition) is 3. The fourth-order valence-electron chi connectivity index (χ4n) is 3.99. The molecule has 0 aliphatic carbocycles. The van der Waals surface area contributed by atoms with Gasteiger partial charge in [0, 0.05) is 30.5 Å². The van der Waals surface area contributed by atoms with Crippen molar-refractivity contribution in [2.45, 2.75) is 53.4 Å². The van der Waals surface area contributed by atoms with Gasteiger partial charge in [-0.05, 0) is 49.9 Å². The zero-order valence-electron chi connectivity index (χ0n) is 23.9. The van der Waals surface area contributed by atoms with Crippen LogP contribution in [-0.2, 0) is 19.1 Å². The Bertz CT molecular complexity index is 1480. The summed E-state index contributed by atoms with van der Waals surface area (Å²) in [6, 6.07) is 4.85. The summed E-state index contributed by atoms with van der Waals surface area (Å²) < 4.78 is 11.2. The largest absolute Gasteiger partial charge is 0.481 e. The number of amides is 3. The predicted molar refractivity (Wildman–Crippen MR) is 150 cm³/mol. The Morgan fingerprint density at radius 2 is 1.81 bits per heavy atom. The van der Waals surface area contributed by atoms with Gasteiger partial charge in [-0.25, -0.2) is 19.2 Å². The Kier molecular flexibility index (Phi) is 10.9. The van der Waals surface area contributed by atoms with E-state index >= 15 is 0 Å². The van der Waals surface area contributed by atoms with Gasteiger partial charge in [0.15, 0.2) is 5.82 Å². The van der Waals surface area contributed by atoms with Gasteiger partial charge in [0.1, 0.15) is 11.8 Å². The van der Waals surface area contributed by atoms with Crippen LogP contribution < -0.4 is 10.6 Å². The van der Waals surface area contributed by atoms with Crippen molar-refractivity contribution in [1.82, 2.24) is 24.8 Å². The zero-order chi connectivity index (χ0) is 30.8. The number of aliphatic carboxylic acids is 1. The highest BCUT2D eigenvalue weighted by atomic mass is 16.7. The van der Waals surface area contributed by atoms with Crippen LogP contribution in [-0.4, -0.2) is 74.3 Å². The van der Waals surface area contributed by atoms with Crippen molar-refractivity contribution in [3.05, 3.63) is 53.0 Å². The Hall–Kier alpha value is -5.01. The molecule has 14 heteroatoms. The Balaban J connectivity index is 1.80. The number of carbonyl (C=O) groups excluding carboxylic acids is 4. The van der Waals surface area contributed by atoms with Gasteiger partial charge in [-0.3, -0.25) is 19.2 Å². The minimum Gasteiger partial charge on any atom is -0.481 e. The molecule has 3 rings (SSSR count). The number of aryl methyl sites for hydroxylation is 2. The average Bonchev–Trinajstić information content (AvgIpc) is 3.31. The number of carbonyl (C=O) groups is 5. The van der Waals surface area contributed by atoms with Gasteiger partial charge in [-0.15, -0.1) is 0 Å². The van der Waals surface area contributed by atoms with Crippen LogP contribution in [0, 0.1) is 13.8 Å². The second-order valence-corrected chi connectivity index (χ2v) is 9.38. The molecule has 2 aromatic heterocycles. The van der Waals surface area contributed by atoms with Crippen LogP contribution in [0.1, 0.15) is 71.4 Å². The van der Waals surface area contributed by atoms with E-state index in [1.807, 2.05) is 13.8 Å². The molecule has 0 aliphatic heterocycles. The highest BCUT2D eigenvalue weighted by Gasteiger charge is 2.25. The van der Waals surface area contributed by atoms with Crippen molar-refractivity contribution in [3.63, 3.8) is 0 Å². The number of carboxylic acids is 1. The summed E-state index contributed by atoms with van der Waals surface area (Å²) in [6.07, 6.45) is 2.41. The molecule has 14 nitrogen and oxygen atoms in total. The standard InChI is InChI=1S/C28H34N6O8/c1-5-11-29-26(38)20-14-34-24(18(20)4)25(30-15-31-34)32-21-13-19(8-7-17(21)3)27(39)33(12-6-2)28(40)42-16-41-23(37)10-9-22(35)36/h7-8,13-15H,5-6,9-12,16H2,1-4H3,(H,29,38)(H,35,36)(H,30,31,32). The summed E-state index contributed by atoms with van der Waals surface area (Å²) in [5.41, 5.74) is 3.24. The van der Waals surface area contributed by atoms with E-state index < -0.39 is 37.2 Å². The normalized spacial score (nSPS) is 10.7. The number of imide groups is 1. The quantitative estimate of drug-likeness (QED) is 0.198. The number of ether oxygens (including phenoxy) is 2. The lowest BCUT2D eigenvalue weighted by Gasteiger charge is -2.20. The van der Waals surface area contributed by atoms with E-state index in [4.69, 9.17) is 14.6 Å².